The molecule has 1 aliphatic heterocycles. The van der Waals surface area contributed by atoms with Crippen LogP contribution in [-0.2, 0) is 9.53 Å². The molecule has 1 unspecified atom stereocenters. The molecule has 2 aliphatic rings. The molecule has 0 N–H and O–H groups in total. The number of hydrogen-bond acceptors (Lipinski definition) is 2. The molecule has 2 nitrogen and oxygen atoms in total. The first-order valence-electron chi connectivity index (χ1n) is 4.54. The lowest BCUT2D eigenvalue weighted by Crippen LogP contribution is -2.30. The zero-order valence-electron chi connectivity index (χ0n) is 7.44. The van der Waals surface area contributed by atoms with E-state index in [1.807, 2.05) is 36.4 Å². The van der Waals surface area contributed by atoms with Crippen molar-refractivity contribution in [3.63, 3.8) is 0 Å². The van der Waals surface area contributed by atoms with Gasteiger partial charge in [0.05, 0.1) is 6.26 Å². The van der Waals surface area contributed by atoms with E-state index in [1.165, 1.54) is 0 Å². The number of carbonyl (C=O) groups excluding carboxylic acids is 1. The van der Waals surface area contributed by atoms with Crippen molar-refractivity contribution in [1.82, 2.24) is 0 Å². The van der Waals surface area contributed by atoms with E-state index in [0.29, 0.717) is 0 Å². The summed E-state index contributed by atoms with van der Waals surface area (Å²) in [6.07, 6.45) is 5.50. The molecule has 1 heterocycles. The zero-order valence-corrected chi connectivity index (χ0v) is 7.44. The van der Waals surface area contributed by atoms with Gasteiger partial charge in [-0.25, -0.2) is 0 Å². The Balaban J connectivity index is 2.33. The predicted molar refractivity (Wildman–Crippen MR) is 52.3 cm³/mol. The Hall–Kier alpha value is -1.83. The number of ether oxygens (including phenoxy) is 1. The average Bonchev–Trinajstić information content (AvgIpc) is 2.57. The van der Waals surface area contributed by atoms with Gasteiger partial charge in [0, 0.05) is 5.57 Å². The highest BCUT2D eigenvalue weighted by Gasteiger charge is 2.27. The van der Waals surface area contributed by atoms with Gasteiger partial charge in [0.1, 0.15) is 5.92 Å². The summed E-state index contributed by atoms with van der Waals surface area (Å²) < 4.78 is 4.87. The van der Waals surface area contributed by atoms with Crippen LogP contribution in [0, 0.1) is 5.92 Å². The summed E-state index contributed by atoms with van der Waals surface area (Å²) in [5, 5.41) is 2.25. The molecule has 0 aromatic heterocycles. The topological polar surface area (TPSA) is 26.3 Å². The van der Waals surface area contributed by atoms with Crippen LogP contribution in [-0.4, -0.2) is 5.97 Å². The van der Waals surface area contributed by atoms with Crippen LogP contribution in [0.5, 0.6) is 0 Å². The van der Waals surface area contributed by atoms with E-state index in [4.69, 9.17) is 4.74 Å². The van der Waals surface area contributed by atoms with Gasteiger partial charge in [-0.3, -0.25) is 4.79 Å². The highest BCUT2D eigenvalue weighted by atomic mass is 16.5. The molecule has 14 heavy (non-hydrogen) atoms. The third kappa shape index (κ3) is 0.940. The fourth-order valence-electron chi connectivity index (χ4n) is 1.85. The SMILES string of the molecule is O=C1OC=C2C=c3ccccc3=CC12. The number of fused-ring (bicyclic) bond motifs is 2. The summed E-state index contributed by atoms with van der Waals surface area (Å²) >= 11 is 0. The second kappa shape index (κ2) is 2.58. The van der Waals surface area contributed by atoms with Crippen LogP contribution in [0.25, 0.3) is 12.2 Å². The molecule has 1 atom stereocenters. The number of cyclic esters (lactones) is 1. The lowest BCUT2D eigenvalue weighted by atomic mass is 9.94. The molecule has 1 aliphatic carbocycles. The van der Waals surface area contributed by atoms with Crippen LogP contribution in [0.2, 0.25) is 0 Å². The molecule has 0 spiro atoms. The molecule has 68 valence electrons. The third-order valence-corrected chi connectivity index (χ3v) is 2.59. The Kier molecular flexibility index (Phi) is 1.39. The van der Waals surface area contributed by atoms with Crippen molar-refractivity contribution >= 4 is 18.1 Å². The van der Waals surface area contributed by atoms with Gasteiger partial charge in [0.15, 0.2) is 0 Å². The smallest absolute Gasteiger partial charge is 0.322 e. The van der Waals surface area contributed by atoms with Gasteiger partial charge < -0.3 is 4.74 Å². The van der Waals surface area contributed by atoms with E-state index in [2.05, 4.69) is 0 Å². The summed E-state index contributed by atoms with van der Waals surface area (Å²) in [6, 6.07) is 8.00. The minimum absolute atomic E-state index is 0.175. The van der Waals surface area contributed by atoms with Crippen molar-refractivity contribution in [1.29, 1.82) is 0 Å². The molecule has 1 aromatic carbocycles. The van der Waals surface area contributed by atoms with E-state index in [9.17, 15) is 4.79 Å². The predicted octanol–water partition coefficient (Wildman–Crippen LogP) is 0.318. The molecule has 0 radical (unpaired) electrons. The lowest BCUT2D eigenvalue weighted by Gasteiger charge is -2.06. The molecular formula is C12H8O2. The van der Waals surface area contributed by atoms with Crippen molar-refractivity contribution < 1.29 is 9.53 Å². The van der Waals surface area contributed by atoms with Gasteiger partial charge in [0.2, 0.25) is 0 Å². The minimum atomic E-state index is -0.190. The van der Waals surface area contributed by atoms with Crippen LogP contribution < -0.4 is 10.4 Å². The molecule has 0 fully saturated rings. The van der Waals surface area contributed by atoms with Crippen molar-refractivity contribution in [2.75, 3.05) is 0 Å². The van der Waals surface area contributed by atoms with Gasteiger partial charge >= 0.3 is 5.97 Å². The Morgan fingerprint density at radius 2 is 1.93 bits per heavy atom. The molecule has 0 saturated heterocycles. The van der Waals surface area contributed by atoms with Crippen molar-refractivity contribution in [3.05, 3.63) is 46.5 Å². The monoisotopic (exact) mass is 184 g/mol. The maximum absolute atomic E-state index is 11.3. The number of carbonyl (C=O) groups is 1. The normalized spacial score (nSPS) is 22.4. The van der Waals surface area contributed by atoms with Crippen LogP contribution >= 0.6 is 0 Å². The zero-order chi connectivity index (χ0) is 9.54. The van der Waals surface area contributed by atoms with Crippen LogP contribution in [0.15, 0.2) is 36.1 Å². The first-order valence-corrected chi connectivity index (χ1v) is 4.54. The van der Waals surface area contributed by atoms with Crippen LogP contribution in [0.4, 0.5) is 0 Å². The van der Waals surface area contributed by atoms with E-state index in [-0.39, 0.29) is 11.9 Å². The molecule has 3 rings (SSSR count). The van der Waals surface area contributed by atoms with Crippen molar-refractivity contribution in [2.24, 2.45) is 5.92 Å². The van der Waals surface area contributed by atoms with E-state index in [1.54, 1.807) is 6.26 Å². The summed E-state index contributed by atoms with van der Waals surface area (Å²) in [7, 11) is 0. The van der Waals surface area contributed by atoms with Gasteiger partial charge in [-0.05, 0) is 16.5 Å². The number of hydrogen-bond donors (Lipinski definition) is 0. The summed E-state index contributed by atoms with van der Waals surface area (Å²) in [5.41, 5.74) is 0.953. The molecule has 2 heteroatoms. The summed E-state index contributed by atoms with van der Waals surface area (Å²) in [5.74, 6) is -0.365. The highest BCUT2D eigenvalue weighted by Crippen LogP contribution is 2.23. The number of rotatable bonds is 0. The van der Waals surface area contributed by atoms with Crippen LogP contribution in [0.1, 0.15) is 0 Å². The maximum atomic E-state index is 11.3. The number of esters is 1. The Labute approximate surface area is 80.8 Å². The second-order valence-corrected chi connectivity index (χ2v) is 3.47. The maximum Gasteiger partial charge on any atom is 0.322 e. The Morgan fingerprint density at radius 3 is 2.79 bits per heavy atom. The minimum Gasteiger partial charge on any atom is -0.433 e. The fourth-order valence-corrected chi connectivity index (χ4v) is 1.85. The van der Waals surface area contributed by atoms with Crippen molar-refractivity contribution in [2.45, 2.75) is 0 Å². The molecular weight excluding hydrogens is 176 g/mol. The quantitative estimate of drug-likeness (QED) is 0.543. The van der Waals surface area contributed by atoms with E-state index < -0.39 is 0 Å². The molecule has 0 bridgehead atoms. The standard InChI is InChI=1S/C12H8O2/c13-12-11-6-9-4-2-1-3-8(9)5-10(11)7-14-12/h1-7,11H. The van der Waals surface area contributed by atoms with Crippen molar-refractivity contribution in [3.8, 4) is 0 Å². The lowest BCUT2D eigenvalue weighted by molar-refractivity contribution is -0.137. The van der Waals surface area contributed by atoms with E-state index in [0.717, 1.165) is 16.0 Å². The third-order valence-electron chi connectivity index (χ3n) is 2.59. The highest BCUT2D eigenvalue weighted by molar-refractivity contribution is 5.90. The number of benzene rings is 1. The van der Waals surface area contributed by atoms with Gasteiger partial charge in [-0.15, -0.1) is 0 Å². The van der Waals surface area contributed by atoms with Crippen LogP contribution in [0.3, 0.4) is 0 Å². The Bertz CT molecular complexity index is 552. The van der Waals surface area contributed by atoms with Gasteiger partial charge in [-0.2, -0.15) is 0 Å². The summed E-state index contributed by atoms with van der Waals surface area (Å²) in [4.78, 5) is 11.3. The average molecular weight is 184 g/mol. The first kappa shape index (κ1) is 7.56. The molecule has 0 amide bonds. The Morgan fingerprint density at radius 1 is 1.14 bits per heavy atom. The van der Waals surface area contributed by atoms with E-state index >= 15 is 0 Å². The van der Waals surface area contributed by atoms with Gasteiger partial charge in [0.25, 0.3) is 0 Å². The second-order valence-electron chi connectivity index (χ2n) is 3.47. The summed E-state index contributed by atoms with van der Waals surface area (Å²) in [6.45, 7) is 0. The largest absolute Gasteiger partial charge is 0.433 e. The first-order chi connectivity index (χ1) is 6.84. The fraction of sp³-hybridized carbons (Fsp3) is 0.0833. The molecule has 1 aromatic rings. The molecule has 0 saturated carbocycles. The van der Waals surface area contributed by atoms with Gasteiger partial charge in [-0.1, -0.05) is 30.3 Å².